The maximum atomic E-state index is 12.3. The summed E-state index contributed by atoms with van der Waals surface area (Å²) in [5.74, 6) is -5.58. The van der Waals surface area contributed by atoms with Crippen LogP contribution in [0.3, 0.4) is 0 Å². The van der Waals surface area contributed by atoms with E-state index in [0.29, 0.717) is 0 Å². The van der Waals surface area contributed by atoms with Crippen molar-refractivity contribution >= 4 is 12.4 Å². The average Bonchev–Trinajstić information content (AvgIpc) is 1.97. The normalized spacial score (nSPS) is 11.8. The van der Waals surface area contributed by atoms with E-state index < -0.39 is 29.9 Å². The summed E-state index contributed by atoms with van der Waals surface area (Å²) in [5.41, 5.74) is -1.49. The van der Waals surface area contributed by atoms with Crippen LogP contribution in [0.2, 0.25) is 0 Å². The number of halogens is 6. The van der Waals surface area contributed by atoms with Gasteiger partial charge in [0.1, 0.15) is 0 Å². The molecule has 0 spiro atoms. The van der Waals surface area contributed by atoms with E-state index >= 15 is 0 Å². The molecule has 1 aromatic rings. The van der Waals surface area contributed by atoms with Gasteiger partial charge >= 0.3 is 6.98 Å². The Bertz CT molecular complexity index is 307. The van der Waals surface area contributed by atoms with E-state index in [1.54, 1.807) is 0 Å². The van der Waals surface area contributed by atoms with Gasteiger partial charge < -0.3 is 12.9 Å². The molecule has 0 aliphatic rings. The van der Waals surface area contributed by atoms with Gasteiger partial charge in [0.25, 0.3) is 0 Å². The minimum Gasteiger partial charge on any atom is -0.445 e. The summed E-state index contributed by atoms with van der Waals surface area (Å²) in [6.45, 7) is -5.50. The van der Waals surface area contributed by atoms with Crippen LogP contribution >= 0.6 is 0 Å². The third kappa shape index (κ3) is 1.96. The van der Waals surface area contributed by atoms with E-state index in [4.69, 9.17) is 0 Å². The Morgan fingerprint density at radius 2 is 1.23 bits per heavy atom. The fraction of sp³-hybridized carbons (Fsp3) is 0. The van der Waals surface area contributed by atoms with Crippen LogP contribution in [0, 0.1) is 17.5 Å². The van der Waals surface area contributed by atoms with Gasteiger partial charge in [-0.3, -0.25) is 0 Å². The molecule has 0 radical (unpaired) electrons. The van der Waals surface area contributed by atoms with Gasteiger partial charge in [-0.1, -0.05) is 0 Å². The summed E-state index contributed by atoms with van der Waals surface area (Å²) in [5, 5.41) is 0. The van der Waals surface area contributed by atoms with Gasteiger partial charge in [-0.2, -0.15) is 0 Å². The van der Waals surface area contributed by atoms with Crippen molar-refractivity contribution in [3.8, 4) is 0 Å². The van der Waals surface area contributed by atoms with Crippen LogP contribution in [0.15, 0.2) is 12.1 Å². The predicted molar refractivity (Wildman–Crippen MR) is 35.0 cm³/mol. The van der Waals surface area contributed by atoms with Crippen molar-refractivity contribution in [3.63, 3.8) is 0 Å². The van der Waals surface area contributed by atoms with Gasteiger partial charge in [-0.15, -0.1) is 5.46 Å². The Hall–Kier alpha value is -1.14. The molecule has 0 fully saturated rings. The molecule has 13 heavy (non-hydrogen) atoms. The van der Waals surface area contributed by atoms with Gasteiger partial charge in [-0.05, 0) is 12.1 Å². The third-order valence-corrected chi connectivity index (χ3v) is 1.38. The van der Waals surface area contributed by atoms with E-state index in [1.165, 1.54) is 0 Å². The summed E-state index contributed by atoms with van der Waals surface area (Å²) in [7, 11) is 0. The highest BCUT2D eigenvalue weighted by Crippen LogP contribution is 2.14. The monoisotopic (exact) mass is 199 g/mol. The standard InChI is InChI=1S/C6H2BF6/c8-4-1-3(7(11,12)13)2-5(9)6(4)10/h1-2H/q-1. The fourth-order valence-corrected chi connectivity index (χ4v) is 0.764. The molecule has 0 unspecified atom stereocenters. The summed E-state index contributed by atoms with van der Waals surface area (Å²) in [6, 6.07) is -0.142. The van der Waals surface area contributed by atoms with E-state index in [9.17, 15) is 26.1 Å². The van der Waals surface area contributed by atoms with Crippen LogP contribution < -0.4 is 5.46 Å². The topological polar surface area (TPSA) is 0 Å². The highest BCUT2D eigenvalue weighted by molar-refractivity contribution is 6.73. The van der Waals surface area contributed by atoms with Crippen LogP contribution in [0.25, 0.3) is 0 Å². The highest BCUT2D eigenvalue weighted by Gasteiger charge is 2.27. The van der Waals surface area contributed by atoms with Crippen molar-refractivity contribution in [3.05, 3.63) is 29.6 Å². The fourth-order valence-electron chi connectivity index (χ4n) is 0.764. The lowest BCUT2D eigenvalue weighted by molar-refractivity contribution is 0.445. The molecular weight excluding hydrogens is 197 g/mol. The Morgan fingerprint density at radius 1 is 0.846 bits per heavy atom. The van der Waals surface area contributed by atoms with Crippen LogP contribution in [0.1, 0.15) is 0 Å². The number of hydrogen-bond acceptors (Lipinski definition) is 0. The Morgan fingerprint density at radius 3 is 1.54 bits per heavy atom. The zero-order valence-electron chi connectivity index (χ0n) is 6.00. The molecule has 1 aromatic carbocycles. The molecule has 0 amide bonds. The van der Waals surface area contributed by atoms with Gasteiger partial charge in [0.05, 0.1) is 0 Å². The maximum Gasteiger partial charge on any atom is 0.509 e. The zero-order chi connectivity index (χ0) is 10.2. The van der Waals surface area contributed by atoms with Crippen molar-refractivity contribution in [2.45, 2.75) is 0 Å². The first kappa shape index (κ1) is 9.95. The molecular formula is C6H2BF6-. The number of benzene rings is 1. The Labute approximate surface area is 69.2 Å². The minimum absolute atomic E-state index is 0.0710. The summed E-state index contributed by atoms with van der Waals surface area (Å²) < 4.78 is 72.4. The second-order valence-electron chi connectivity index (χ2n) is 2.37. The SMILES string of the molecule is Fc1cc([B-](F)(F)F)cc(F)c1F. The van der Waals surface area contributed by atoms with E-state index in [0.717, 1.165) is 0 Å². The first-order chi connectivity index (χ1) is 5.82. The molecule has 0 nitrogen and oxygen atoms in total. The molecule has 0 saturated carbocycles. The van der Waals surface area contributed by atoms with Crippen molar-refractivity contribution < 1.29 is 26.1 Å². The van der Waals surface area contributed by atoms with Crippen molar-refractivity contribution in [2.75, 3.05) is 0 Å². The second kappa shape index (κ2) is 2.97. The van der Waals surface area contributed by atoms with Gasteiger partial charge in [-0.25, -0.2) is 13.2 Å². The molecule has 0 saturated heterocycles. The quantitative estimate of drug-likeness (QED) is 0.369. The Kier molecular flexibility index (Phi) is 2.27. The van der Waals surface area contributed by atoms with Gasteiger partial charge in [0.2, 0.25) is 0 Å². The lowest BCUT2D eigenvalue weighted by atomic mass is 9.80. The molecule has 0 aliphatic carbocycles. The van der Waals surface area contributed by atoms with Crippen molar-refractivity contribution in [1.82, 2.24) is 0 Å². The second-order valence-corrected chi connectivity index (χ2v) is 2.37. The third-order valence-electron chi connectivity index (χ3n) is 1.38. The first-order valence-corrected chi connectivity index (χ1v) is 3.16. The Balaban J connectivity index is 3.29. The molecule has 0 N–H and O–H groups in total. The van der Waals surface area contributed by atoms with Crippen molar-refractivity contribution in [1.29, 1.82) is 0 Å². The smallest absolute Gasteiger partial charge is 0.445 e. The molecule has 0 aromatic heterocycles. The van der Waals surface area contributed by atoms with Crippen LogP contribution in [0.5, 0.6) is 0 Å². The van der Waals surface area contributed by atoms with Crippen LogP contribution in [0.4, 0.5) is 26.1 Å². The van der Waals surface area contributed by atoms with Gasteiger partial charge in [0.15, 0.2) is 17.5 Å². The molecule has 7 heteroatoms. The zero-order valence-corrected chi connectivity index (χ0v) is 6.00. The van der Waals surface area contributed by atoms with E-state index in [2.05, 4.69) is 0 Å². The number of hydrogen-bond donors (Lipinski definition) is 0. The lowest BCUT2D eigenvalue weighted by Crippen LogP contribution is -2.35. The number of rotatable bonds is 1. The van der Waals surface area contributed by atoms with E-state index in [-0.39, 0.29) is 12.1 Å². The average molecular weight is 199 g/mol. The van der Waals surface area contributed by atoms with Crippen LogP contribution in [-0.2, 0) is 0 Å². The maximum absolute atomic E-state index is 12.3. The minimum atomic E-state index is -5.50. The van der Waals surface area contributed by atoms with Gasteiger partial charge in [0, 0.05) is 0 Å². The summed E-state index contributed by atoms with van der Waals surface area (Å²) >= 11 is 0. The molecule has 0 atom stereocenters. The van der Waals surface area contributed by atoms with Crippen molar-refractivity contribution in [2.24, 2.45) is 0 Å². The molecule has 0 bridgehead atoms. The largest absolute Gasteiger partial charge is 0.509 e. The highest BCUT2D eigenvalue weighted by atomic mass is 19.4. The molecule has 0 heterocycles. The summed E-state index contributed by atoms with van der Waals surface area (Å²) in [6.07, 6.45) is 0. The predicted octanol–water partition coefficient (Wildman–Crippen LogP) is 2.16. The molecule has 72 valence electrons. The van der Waals surface area contributed by atoms with E-state index in [1.807, 2.05) is 0 Å². The lowest BCUT2D eigenvalue weighted by Gasteiger charge is -2.14. The molecule has 0 aliphatic heterocycles. The summed E-state index contributed by atoms with van der Waals surface area (Å²) in [4.78, 5) is 0. The van der Waals surface area contributed by atoms with Crippen LogP contribution in [-0.4, -0.2) is 6.98 Å². The molecule has 1 rings (SSSR count). The first-order valence-electron chi connectivity index (χ1n) is 3.16.